The molecule has 0 aliphatic carbocycles. The van der Waals surface area contributed by atoms with Crippen molar-refractivity contribution in [2.75, 3.05) is 5.43 Å². The van der Waals surface area contributed by atoms with Gasteiger partial charge >= 0.3 is 0 Å². The third-order valence-electron chi connectivity index (χ3n) is 2.70. The maximum atomic E-state index is 10.9. The second-order valence-electron chi connectivity index (χ2n) is 4.54. The van der Waals surface area contributed by atoms with E-state index >= 15 is 0 Å². The molecule has 0 aliphatic rings. The zero-order chi connectivity index (χ0) is 14.7. The lowest BCUT2D eigenvalue weighted by Gasteiger charge is -2.09. The van der Waals surface area contributed by atoms with Crippen molar-refractivity contribution >= 4 is 11.4 Å². The number of hydrogen-bond donors (Lipinski definition) is 2. The predicted molar refractivity (Wildman–Crippen MR) is 76.9 cm³/mol. The van der Waals surface area contributed by atoms with Gasteiger partial charge in [0.15, 0.2) is 0 Å². The number of anilines is 1. The molecular weight excluding hydrogens is 258 g/mol. The van der Waals surface area contributed by atoms with Crippen LogP contribution in [-0.2, 0) is 0 Å². The Bertz CT molecular complexity index is 636. The quantitative estimate of drug-likeness (QED) is 0.506. The lowest BCUT2D eigenvalue weighted by Crippen LogP contribution is -2.07. The summed E-state index contributed by atoms with van der Waals surface area (Å²) in [6.07, 6.45) is 0. The van der Waals surface area contributed by atoms with Gasteiger partial charge in [0.1, 0.15) is 11.5 Å². The fourth-order valence-electron chi connectivity index (χ4n) is 1.96. The minimum atomic E-state index is -0.491. The molecule has 104 valence electrons. The maximum absolute atomic E-state index is 10.9. The molecule has 0 saturated heterocycles. The summed E-state index contributed by atoms with van der Waals surface area (Å²) in [5, 5.41) is 10.9. The molecule has 20 heavy (non-hydrogen) atoms. The molecule has 2 aromatic rings. The third-order valence-corrected chi connectivity index (χ3v) is 2.70. The van der Waals surface area contributed by atoms with E-state index in [4.69, 9.17) is 10.6 Å². The highest BCUT2D eigenvalue weighted by molar-refractivity contribution is 5.56. The number of nitrogens with one attached hydrogen (secondary N) is 1. The number of aryl methyl sites for hydroxylation is 2. The molecule has 0 spiro atoms. The molecule has 0 saturated carbocycles. The fourth-order valence-corrected chi connectivity index (χ4v) is 1.96. The van der Waals surface area contributed by atoms with Crippen molar-refractivity contribution in [1.82, 2.24) is 0 Å². The maximum Gasteiger partial charge on any atom is 0.275 e. The van der Waals surface area contributed by atoms with Crippen molar-refractivity contribution in [1.29, 1.82) is 0 Å². The number of nitrogens with two attached hydrogens (primary N) is 1. The third kappa shape index (κ3) is 3.24. The molecule has 0 amide bonds. The van der Waals surface area contributed by atoms with E-state index in [0.717, 1.165) is 11.1 Å². The van der Waals surface area contributed by atoms with Crippen molar-refractivity contribution in [3.63, 3.8) is 0 Å². The van der Waals surface area contributed by atoms with Crippen LogP contribution in [0.4, 0.5) is 11.4 Å². The fraction of sp³-hybridized carbons (Fsp3) is 0.143. The highest BCUT2D eigenvalue weighted by Gasteiger charge is 2.11. The van der Waals surface area contributed by atoms with Gasteiger partial charge in [-0.05, 0) is 37.1 Å². The molecule has 0 bridgehead atoms. The second kappa shape index (κ2) is 5.58. The number of benzene rings is 2. The number of hydrogen-bond acceptors (Lipinski definition) is 5. The first kappa shape index (κ1) is 13.8. The van der Waals surface area contributed by atoms with Gasteiger partial charge in [0, 0.05) is 12.1 Å². The Morgan fingerprint density at radius 1 is 1.05 bits per heavy atom. The lowest BCUT2D eigenvalue weighted by atomic mass is 10.1. The number of hydrazine groups is 1. The van der Waals surface area contributed by atoms with Crippen LogP contribution in [-0.4, -0.2) is 4.92 Å². The van der Waals surface area contributed by atoms with Gasteiger partial charge in [-0.3, -0.25) is 16.0 Å². The lowest BCUT2D eigenvalue weighted by molar-refractivity contribution is -0.384. The van der Waals surface area contributed by atoms with E-state index in [1.807, 2.05) is 32.0 Å². The highest BCUT2D eigenvalue weighted by Crippen LogP contribution is 2.30. The van der Waals surface area contributed by atoms with Gasteiger partial charge in [-0.1, -0.05) is 6.07 Å². The van der Waals surface area contributed by atoms with Gasteiger partial charge in [0.25, 0.3) is 5.69 Å². The molecule has 2 aromatic carbocycles. The SMILES string of the molecule is Cc1cc(C)cc(Oc2cc(NN)cc([N+](=O)[O-])c2)c1. The van der Waals surface area contributed by atoms with E-state index < -0.39 is 4.92 Å². The number of nitrogen functional groups attached to an aromatic ring is 1. The summed E-state index contributed by atoms with van der Waals surface area (Å²) in [7, 11) is 0. The Kier molecular flexibility index (Phi) is 3.86. The molecule has 0 atom stereocenters. The Morgan fingerprint density at radius 3 is 2.20 bits per heavy atom. The Morgan fingerprint density at radius 2 is 1.65 bits per heavy atom. The van der Waals surface area contributed by atoms with Crippen LogP contribution in [0.15, 0.2) is 36.4 Å². The summed E-state index contributed by atoms with van der Waals surface area (Å²) in [6.45, 7) is 3.92. The van der Waals surface area contributed by atoms with Gasteiger partial charge in [-0.15, -0.1) is 0 Å². The van der Waals surface area contributed by atoms with Crippen LogP contribution in [0.5, 0.6) is 11.5 Å². The largest absolute Gasteiger partial charge is 0.457 e. The van der Waals surface area contributed by atoms with Crippen LogP contribution in [0.3, 0.4) is 0 Å². The second-order valence-corrected chi connectivity index (χ2v) is 4.54. The topological polar surface area (TPSA) is 90.4 Å². The molecule has 2 rings (SSSR count). The first-order valence-electron chi connectivity index (χ1n) is 6.00. The summed E-state index contributed by atoms with van der Waals surface area (Å²) >= 11 is 0. The van der Waals surface area contributed by atoms with Gasteiger partial charge in [-0.25, -0.2) is 0 Å². The smallest absolute Gasteiger partial charge is 0.275 e. The van der Waals surface area contributed by atoms with Crippen LogP contribution < -0.4 is 16.0 Å². The van der Waals surface area contributed by atoms with Crippen molar-refractivity contribution < 1.29 is 9.66 Å². The van der Waals surface area contributed by atoms with E-state index in [-0.39, 0.29) is 5.69 Å². The Labute approximate surface area is 116 Å². The van der Waals surface area contributed by atoms with Gasteiger partial charge in [0.2, 0.25) is 0 Å². The molecule has 0 heterocycles. The van der Waals surface area contributed by atoms with Crippen molar-refractivity contribution in [3.8, 4) is 11.5 Å². The molecule has 0 aromatic heterocycles. The van der Waals surface area contributed by atoms with Crippen LogP contribution in [0.2, 0.25) is 0 Å². The monoisotopic (exact) mass is 273 g/mol. The van der Waals surface area contributed by atoms with Crippen molar-refractivity contribution in [3.05, 3.63) is 57.6 Å². The number of ether oxygens (including phenoxy) is 1. The predicted octanol–water partition coefficient (Wildman–Crippen LogP) is 3.29. The van der Waals surface area contributed by atoms with Crippen molar-refractivity contribution in [2.24, 2.45) is 5.84 Å². The number of nitrogens with zero attached hydrogens (tertiary/aromatic N) is 1. The van der Waals surface area contributed by atoms with E-state index in [1.165, 1.54) is 12.1 Å². The summed E-state index contributed by atoms with van der Waals surface area (Å²) in [4.78, 5) is 10.4. The standard InChI is InChI=1S/C14H15N3O3/c1-9-3-10(2)5-13(4-9)20-14-7-11(16-15)6-12(8-14)17(18)19/h3-8,16H,15H2,1-2H3. The molecule has 0 radical (unpaired) electrons. The zero-order valence-corrected chi connectivity index (χ0v) is 11.2. The first-order chi connectivity index (χ1) is 9.47. The normalized spacial score (nSPS) is 10.2. The van der Waals surface area contributed by atoms with Gasteiger partial charge in [0.05, 0.1) is 16.7 Å². The molecule has 0 fully saturated rings. The first-order valence-corrected chi connectivity index (χ1v) is 6.00. The van der Waals surface area contributed by atoms with E-state index in [1.54, 1.807) is 6.07 Å². The zero-order valence-electron chi connectivity index (χ0n) is 11.2. The summed E-state index contributed by atoms with van der Waals surface area (Å²) in [5.74, 6) is 6.29. The van der Waals surface area contributed by atoms with Crippen LogP contribution in [0, 0.1) is 24.0 Å². The summed E-state index contributed by atoms with van der Waals surface area (Å²) < 4.78 is 5.67. The Balaban J connectivity index is 2.37. The van der Waals surface area contributed by atoms with Crippen LogP contribution >= 0.6 is 0 Å². The number of nitro benzene ring substituents is 1. The molecular formula is C14H15N3O3. The highest BCUT2D eigenvalue weighted by atomic mass is 16.6. The summed E-state index contributed by atoms with van der Waals surface area (Å²) in [6, 6.07) is 10.0. The van der Waals surface area contributed by atoms with E-state index in [9.17, 15) is 10.1 Å². The van der Waals surface area contributed by atoms with Gasteiger partial charge in [-0.2, -0.15) is 0 Å². The van der Waals surface area contributed by atoms with Crippen LogP contribution in [0.1, 0.15) is 11.1 Å². The molecule has 0 unspecified atom stereocenters. The van der Waals surface area contributed by atoms with E-state index in [0.29, 0.717) is 17.2 Å². The average Bonchev–Trinajstić information content (AvgIpc) is 2.36. The molecule has 3 N–H and O–H groups in total. The molecule has 6 heteroatoms. The minimum Gasteiger partial charge on any atom is -0.457 e. The van der Waals surface area contributed by atoms with Crippen molar-refractivity contribution in [2.45, 2.75) is 13.8 Å². The number of non-ortho nitro benzene ring substituents is 1. The number of nitro groups is 1. The van der Waals surface area contributed by atoms with E-state index in [2.05, 4.69) is 5.43 Å². The minimum absolute atomic E-state index is 0.0835. The number of rotatable bonds is 4. The summed E-state index contributed by atoms with van der Waals surface area (Å²) in [5.41, 5.74) is 4.83. The average molecular weight is 273 g/mol. The molecule has 0 aliphatic heterocycles. The Hall–Kier alpha value is -2.60. The van der Waals surface area contributed by atoms with Gasteiger partial charge < -0.3 is 10.2 Å². The molecule has 6 nitrogen and oxygen atoms in total. The van der Waals surface area contributed by atoms with Crippen LogP contribution in [0.25, 0.3) is 0 Å².